The second-order valence-electron chi connectivity index (χ2n) is 15.8. The molecular formula is C43H68O4. The number of benzene rings is 2. The van der Waals surface area contributed by atoms with Crippen molar-refractivity contribution in [1.82, 2.24) is 0 Å². The first-order valence-corrected chi connectivity index (χ1v) is 19.4. The summed E-state index contributed by atoms with van der Waals surface area (Å²) in [6.07, 6.45) is 11.4. The molecule has 0 bridgehead atoms. The lowest BCUT2D eigenvalue weighted by atomic mass is 9.87. The SMILES string of the molecule is CCCC(CCCOc1c(C(C)C)cc(Cc2cc(C(C)C)c(OCCCC(CCC)C3CO3)c(C(C)C)c2)cc1C(C)C)C1CO1. The Bertz CT molecular complexity index is 1080. The first kappa shape index (κ1) is 37.8. The largest absolute Gasteiger partial charge is 0.493 e. The maximum Gasteiger partial charge on any atom is 0.126 e. The lowest BCUT2D eigenvalue weighted by Crippen LogP contribution is -2.12. The summed E-state index contributed by atoms with van der Waals surface area (Å²) in [6.45, 7) is 26.5. The molecule has 4 nitrogen and oxygen atoms in total. The second kappa shape index (κ2) is 18.1. The summed E-state index contributed by atoms with van der Waals surface area (Å²) in [7, 11) is 0. The van der Waals surface area contributed by atoms with Gasteiger partial charge in [0, 0.05) is 0 Å². The monoisotopic (exact) mass is 649 g/mol. The normalized spacial score (nSPS) is 18.8. The van der Waals surface area contributed by atoms with E-state index in [2.05, 4.69) is 93.5 Å². The highest BCUT2D eigenvalue weighted by Crippen LogP contribution is 2.40. The van der Waals surface area contributed by atoms with Crippen LogP contribution in [0.15, 0.2) is 24.3 Å². The highest BCUT2D eigenvalue weighted by atomic mass is 16.6. The summed E-state index contributed by atoms with van der Waals surface area (Å²) < 4.78 is 24.6. The average molecular weight is 649 g/mol. The van der Waals surface area contributed by atoms with E-state index in [1.807, 2.05) is 0 Å². The van der Waals surface area contributed by atoms with Gasteiger partial charge < -0.3 is 18.9 Å². The van der Waals surface area contributed by atoms with E-state index in [4.69, 9.17) is 18.9 Å². The molecule has 264 valence electrons. The van der Waals surface area contributed by atoms with Gasteiger partial charge in [-0.3, -0.25) is 0 Å². The molecule has 0 N–H and O–H groups in total. The van der Waals surface area contributed by atoms with Gasteiger partial charge in [-0.2, -0.15) is 0 Å². The minimum Gasteiger partial charge on any atom is -0.493 e. The van der Waals surface area contributed by atoms with Gasteiger partial charge in [-0.15, -0.1) is 0 Å². The van der Waals surface area contributed by atoms with Crippen molar-refractivity contribution in [3.05, 3.63) is 57.6 Å². The van der Waals surface area contributed by atoms with Crippen LogP contribution in [0.4, 0.5) is 0 Å². The van der Waals surface area contributed by atoms with Crippen LogP contribution in [-0.2, 0) is 15.9 Å². The Hall–Kier alpha value is -2.04. The summed E-state index contributed by atoms with van der Waals surface area (Å²) in [6, 6.07) is 9.70. The van der Waals surface area contributed by atoms with Crippen molar-refractivity contribution >= 4 is 0 Å². The van der Waals surface area contributed by atoms with Gasteiger partial charge in [0.15, 0.2) is 0 Å². The summed E-state index contributed by atoms with van der Waals surface area (Å²) in [5.74, 6) is 5.19. The van der Waals surface area contributed by atoms with Gasteiger partial charge >= 0.3 is 0 Å². The molecule has 0 radical (unpaired) electrons. The van der Waals surface area contributed by atoms with Gasteiger partial charge in [0.05, 0.1) is 38.6 Å². The molecule has 4 rings (SSSR count). The van der Waals surface area contributed by atoms with Crippen LogP contribution in [0, 0.1) is 11.8 Å². The topological polar surface area (TPSA) is 43.5 Å². The van der Waals surface area contributed by atoms with Gasteiger partial charge in [-0.1, -0.05) is 106 Å². The molecule has 2 aromatic rings. The lowest BCUT2D eigenvalue weighted by molar-refractivity contribution is 0.255. The van der Waals surface area contributed by atoms with Crippen LogP contribution in [0.25, 0.3) is 0 Å². The molecule has 4 heteroatoms. The van der Waals surface area contributed by atoms with E-state index in [1.54, 1.807) is 0 Å². The van der Waals surface area contributed by atoms with Crippen molar-refractivity contribution in [2.45, 2.75) is 163 Å². The number of ether oxygens (including phenoxy) is 4. The smallest absolute Gasteiger partial charge is 0.126 e. The van der Waals surface area contributed by atoms with Gasteiger partial charge in [-0.25, -0.2) is 0 Å². The maximum atomic E-state index is 6.67. The third-order valence-electron chi connectivity index (χ3n) is 10.3. The van der Waals surface area contributed by atoms with Gasteiger partial charge in [0.2, 0.25) is 0 Å². The van der Waals surface area contributed by atoms with Gasteiger partial charge in [0.25, 0.3) is 0 Å². The lowest BCUT2D eigenvalue weighted by Gasteiger charge is -2.24. The van der Waals surface area contributed by atoms with Crippen molar-refractivity contribution in [2.24, 2.45) is 11.8 Å². The molecule has 2 aromatic carbocycles. The molecule has 0 saturated carbocycles. The zero-order chi connectivity index (χ0) is 34.1. The predicted octanol–water partition coefficient (Wildman–Crippen LogP) is 11.7. The zero-order valence-corrected chi connectivity index (χ0v) is 31.8. The fraction of sp³-hybridized carbons (Fsp3) is 0.721. The van der Waals surface area contributed by atoms with Crippen LogP contribution in [0.1, 0.15) is 178 Å². The Morgan fingerprint density at radius 2 is 0.872 bits per heavy atom. The second-order valence-corrected chi connectivity index (χ2v) is 15.8. The molecule has 0 spiro atoms. The zero-order valence-electron chi connectivity index (χ0n) is 31.8. The van der Waals surface area contributed by atoms with E-state index in [-0.39, 0.29) is 0 Å². The Balaban J connectivity index is 1.52. The third kappa shape index (κ3) is 11.0. The summed E-state index contributed by atoms with van der Waals surface area (Å²) in [5, 5.41) is 0. The van der Waals surface area contributed by atoms with Crippen LogP contribution in [0.5, 0.6) is 11.5 Å². The molecule has 2 aliphatic heterocycles. The average Bonchev–Trinajstić information content (AvgIpc) is 3.94. The fourth-order valence-electron chi connectivity index (χ4n) is 7.44. The highest BCUT2D eigenvalue weighted by molar-refractivity contribution is 5.52. The van der Waals surface area contributed by atoms with Gasteiger partial charge in [0.1, 0.15) is 11.5 Å². The molecule has 4 atom stereocenters. The summed E-state index contributed by atoms with van der Waals surface area (Å²) >= 11 is 0. The van der Waals surface area contributed by atoms with Crippen LogP contribution < -0.4 is 9.47 Å². The molecule has 0 aromatic heterocycles. The molecular weight excluding hydrogens is 580 g/mol. The van der Waals surface area contributed by atoms with E-state index in [9.17, 15) is 0 Å². The van der Waals surface area contributed by atoms with Crippen LogP contribution in [0.2, 0.25) is 0 Å². The highest BCUT2D eigenvalue weighted by Gasteiger charge is 2.32. The minimum absolute atomic E-state index is 0.395. The van der Waals surface area contributed by atoms with Crippen molar-refractivity contribution < 1.29 is 18.9 Å². The molecule has 47 heavy (non-hydrogen) atoms. The summed E-state index contributed by atoms with van der Waals surface area (Å²) in [4.78, 5) is 0. The Morgan fingerprint density at radius 1 is 0.553 bits per heavy atom. The van der Waals surface area contributed by atoms with Crippen LogP contribution >= 0.6 is 0 Å². The van der Waals surface area contributed by atoms with Crippen molar-refractivity contribution in [3.63, 3.8) is 0 Å². The Labute approximate surface area is 288 Å². The van der Waals surface area contributed by atoms with E-state index >= 15 is 0 Å². The Morgan fingerprint density at radius 3 is 1.13 bits per heavy atom. The van der Waals surface area contributed by atoms with E-state index in [1.165, 1.54) is 71.9 Å². The van der Waals surface area contributed by atoms with E-state index in [0.717, 1.165) is 57.2 Å². The van der Waals surface area contributed by atoms with Gasteiger partial charge in [-0.05, 0) is 114 Å². The molecule has 0 amide bonds. The molecule has 2 aliphatic rings. The third-order valence-corrected chi connectivity index (χ3v) is 10.3. The number of epoxide rings is 2. The number of rotatable bonds is 22. The minimum atomic E-state index is 0.395. The van der Waals surface area contributed by atoms with Crippen molar-refractivity contribution in [1.29, 1.82) is 0 Å². The predicted molar refractivity (Wildman–Crippen MR) is 198 cm³/mol. The molecule has 2 fully saturated rings. The molecule has 4 unspecified atom stereocenters. The van der Waals surface area contributed by atoms with Crippen LogP contribution in [-0.4, -0.2) is 38.6 Å². The molecule has 2 saturated heterocycles. The molecule has 2 heterocycles. The Kier molecular flexibility index (Phi) is 14.5. The first-order valence-electron chi connectivity index (χ1n) is 19.4. The molecule has 0 aliphatic carbocycles. The quantitative estimate of drug-likeness (QED) is 0.0941. The van der Waals surface area contributed by atoms with Crippen molar-refractivity contribution in [3.8, 4) is 11.5 Å². The summed E-state index contributed by atoms with van der Waals surface area (Å²) in [5.41, 5.74) is 8.11. The first-order chi connectivity index (χ1) is 22.5. The van der Waals surface area contributed by atoms with Crippen molar-refractivity contribution in [2.75, 3.05) is 26.4 Å². The van der Waals surface area contributed by atoms with E-state index < -0.39 is 0 Å². The number of hydrogen-bond acceptors (Lipinski definition) is 4. The standard InChI is InChI=1S/C43H68O4/c1-11-15-34(40-26-46-40)17-13-19-44-42-36(28(3)4)22-32(23-37(42)29(5)6)21-33-24-38(30(7)8)43(39(25-33)31(9)10)45-20-14-18-35(16-12-2)41-27-47-41/h22-25,28-31,34-35,40-41H,11-21,26-27H2,1-10H3. The maximum absolute atomic E-state index is 6.67. The van der Waals surface area contributed by atoms with Crippen LogP contribution in [0.3, 0.4) is 0 Å². The fourth-order valence-corrected chi connectivity index (χ4v) is 7.44. The number of hydrogen-bond donors (Lipinski definition) is 0. The van der Waals surface area contributed by atoms with E-state index in [0.29, 0.717) is 47.7 Å².